The molecule has 1 unspecified atom stereocenters. The Morgan fingerprint density at radius 2 is 2.30 bits per heavy atom. The summed E-state index contributed by atoms with van der Waals surface area (Å²) in [5.41, 5.74) is 10.1. The SMILES string of the molecule is C[C@H](N)c1nc2ccn(C)c2cc1N1CCCC(O)C1. The Balaban J connectivity index is 2.10. The van der Waals surface area contributed by atoms with Crippen LogP contribution < -0.4 is 10.6 Å². The number of anilines is 1. The van der Waals surface area contributed by atoms with Crippen molar-refractivity contribution in [3.8, 4) is 0 Å². The van der Waals surface area contributed by atoms with Crippen molar-refractivity contribution in [1.82, 2.24) is 9.55 Å². The van der Waals surface area contributed by atoms with Crippen molar-refractivity contribution in [2.24, 2.45) is 12.8 Å². The molecule has 1 aliphatic rings. The molecule has 2 aromatic rings. The van der Waals surface area contributed by atoms with Gasteiger partial charge in [-0.3, -0.25) is 0 Å². The maximum absolute atomic E-state index is 9.90. The molecule has 1 fully saturated rings. The zero-order valence-electron chi connectivity index (χ0n) is 12.1. The number of piperidine rings is 1. The van der Waals surface area contributed by atoms with E-state index in [1.54, 1.807) is 0 Å². The Bertz CT molecular complexity index is 620. The second-order valence-corrected chi connectivity index (χ2v) is 5.75. The first-order valence-electron chi connectivity index (χ1n) is 7.21. The Hall–Kier alpha value is -1.59. The van der Waals surface area contributed by atoms with Gasteiger partial charge in [-0.05, 0) is 31.9 Å². The number of fused-ring (bicyclic) bond motifs is 1. The number of nitrogens with two attached hydrogens (primary N) is 1. The highest BCUT2D eigenvalue weighted by atomic mass is 16.3. The first-order valence-corrected chi connectivity index (χ1v) is 7.21. The first kappa shape index (κ1) is 13.4. The van der Waals surface area contributed by atoms with Gasteiger partial charge in [-0.2, -0.15) is 0 Å². The third-order valence-corrected chi connectivity index (χ3v) is 4.04. The van der Waals surface area contributed by atoms with Gasteiger partial charge in [0.05, 0.1) is 28.5 Å². The van der Waals surface area contributed by atoms with Crippen LogP contribution in [-0.2, 0) is 7.05 Å². The van der Waals surface area contributed by atoms with Crippen LogP contribution in [0.15, 0.2) is 18.3 Å². The molecule has 5 nitrogen and oxygen atoms in total. The largest absolute Gasteiger partial charge is 0.391 e. The van der Waals surface area contributed by atoms with Crippen LogP contribution in [0.3, 0.4) is 0 Å². The smallest absolute Gasteiger partial charge is 0.0886 e. The van der Waals surface area contributed by atoms with Gasteiger partial charge < -0.3 is 20.3 Å². The van der Waals surface area contributed by atoms with Gasteiger partial charge in [0.1, 0.15) is 0 Å². The minimum Gasteiger partial charge on any atom is -0.391 e. The van der Waals surface area contributed by atoms with Crippen molar-refractivity contribution in [1.29, 1.82) is 0 Å². The third-order valence-electron chi connectivity index (χ3n) is 4.04. The molecule has 2 atom stereocenters. The van der Waals surface area contributed by atoms with Crippen molar-refractivity contribution in [2.45, 2.75) is 31.9 Å². The molecular formula is C15H22N4O. The number of β-amino-alcohol motifs (C(OH)–C–C–N with tert-alkyl or cyclic N) is 1. The molecule has 3 N–H and O–H groups in total. The van der Waals surface area contributed by atoms with E-state index < -0.39 is 0 Å². The summed E-state index contributed by atoms with van der Waals surface area (Å²) in [5, 5.41) is 9.90. The number of hydrogen-bond donors (Lipinski definition) is 2. The standard InChI is InChI=1S/C15H22N4O/c1-10(16)15-14(19-6-3-4-11(20)9-19)8-13-12(17-15)5-7-18(13)2/h5,7-8,10-11,20H,3-4,6,9,16H2,1-2H3/t10-,11?/m0/s1. The van der Waals surface area contributed by atoms with Crippen LogP contribution in [0, 0.1) is 0 Å². The number of pyridine rings is 1. The Morgan fingerprint density at radius 3 is 3.00 bits per heavy atom. The van der Waals surface area contributed by atoms with E-state index in [1.165, 1.54) is 0 Å². The normalized spacial score (nSPS) is 21.4. The Morgan fingerprint density at radius 1 is 1.50 bits per heavy atom. The van der Waals surface area contributed by atoms with E-state index in [0.717, 1.165) is 41.8 Å². The van der Waals surface area contributed by atoms with Crippen LogP contribution in [0.5, 0.6) is 0 Å². The van der Waals surface area contributed by atoms with Crippen LogP contribution in [0.1, 0.15) is 31.5 Å². The molecule has 0 radical (unpaired) electrons. The second-order valence-electron chi connectivity index (χ2n) is 5.75. The summed E-state index contributed by atoms with van der Waals surface area (Å²) in [7, 11) is 2.02. The van der Waals surface area contributed by atoms with Crippen molar-refractivity contribution < 1.29 is 5.11 Å². The van der Waals surface area contributed by atoms with Gasteiger partial charge in [0, 0.05) is 32.4 Å². The van der Waals surface area contributed by atoms with Crippen molar-refractivity contribution >= 4 is 16.7 Å². The predicted octanol–water partition coefficient (Wildman–Crippen LogP) is 1.55. The van der Waals surface area contributed by atoms with Gasteiger partial charge in [-0.25, -0.2) is 4.98 Å². The number of hydrogen-bond acceptors (Lipinski definition) is 4. The van der Waals surface area contributed by atoms with E-state index in [4.69, 9.17) is 10.7 Å². The lowest BCUT2D eigenvalue weighted by molar-refractivity contribution is 0.154. The summed E-state index contributed by atoms with van der Waals surface area (Å²) in [6, 6.07) is 4.04. The van der Waals surface area contributed by atoms with Crippen molar-refractivity contribution in [3.05, 3.63) is 24.0 Å². The lowest BCUT2D eigenvalue weighted by Gasteiger charge is -2.33. The monoisotopic (exact) mass is 274 g/mol. The molecule has 0 aromatic carbocycles. The summed E-state index contributed by atoms with van der Waals surface area (Å²) in [6.45, 7) is 3.58. The van der Waals surface area contributed by atoms with Crippen LogP contribution >= 0.6 is 0 Å². The Labute approximate surface area is 119 Å². The van der Waals surface area contributed by atoms with Gasteiger partial charge in [0.15, 0.2) is 0 Å². The first-order chi connectivity index (χ1) is 9.56. The van der Waals surface area contributed by atoms with Gasteiger partial charge in [0.2, 0.25) is 0 Å². The number of aliphatic hydroxyl groups is 1. The van der Waals surface area contributed by atoms with Gasteiger partial charge in [-0.15, -0.1) is 0 Å². The minimum absolute atomic E-state index is 0.117. The highest BCUT2D eigenvalue weighted by Gasteiger charge is 2.22. The zero-order chi connectivity index (χ0) is 14.3. The minimum atomic E-state index is -0.256. The van der Waals surface area contributed by atoms with Crippen LogP contribution in [0.2, 0.25) is 0 Å². The average Bonchev–Trinajstić information content (AvgIpc) is 2.78. The molecular weight excluding hydrogens is 252 g/mol. The fourth-order valence-corrected chi connectivity index (χ4v) is 2.95. The summed E-state index contributed by atoms with van der Waals surface area (Å²) in [6.07, 6.45) is 3.64. The lowest BCUT2D eigenvalue weighted by Crippen LogP contribution is -2.39. The molecule has 0 saturated carbocycles. The number of aromatic nitrogens is 2. The van der Waals surface area contributed by atoms with Gasteiger partial charge in [0.25, 0.3) is 0 Å². The topological polar surface area (TPSA) is 67.3 Å². The molecule has 0 aliphatic carbocycles. The molecule has 0 spiro atoms. The van der Waals surface area contributed by atoms with E-state index in [1.807, 2.05) is 26.2 Å². The Kier molecular flexibility index (Phi) is 3.40. The molecule has 2 aromatic heterocycles. The molecule has 0 bridgehead atoms. The van der Waals surface area contributed by atoms with Crippen molar-refractivity contribution in [3.63, 3.8) is 0 Å². The molecule has 20 heavy (non-hydrogen) atoms. The van der Waals surface area contributed by atoms with Crippen LogP contribution in [0.25, 0.3) is 11.0 Å². The van der Waals surface area contributed by atoms with Gasteiger partial charge in [-0.1, -0.05) is 0 Å². The number of rotatable bonds is 2. The van der Waals surface area contributed by atoms with E-state index in [2.05, 4.69) is 15.5 Å². The summed E-state index contributed by atoms with van der Waals surface area (Å²) in [5.74, 6) is 0. The molecule has 0 amide bonds. The number of aryl methyl sites for hydroxylation is 1. The zero-order valence-corrected chi connectivity index (χ0v) is 12.1. The van der Waals surface area contributed by atoms with Crippen LogP contribution in [-0.4, -0.2) is 33.9 Å². The number of nitrogens with zero attached hydrogens (tertiary/aromatic N) is 3. The molecule has 1 saturated heterocycles. The van der Waals surface area contributed by atoms with E-state index in [-0.39, 0.29) is 12.1 Å². The molecule has 108 valence electrons. The number of aliphatic hydroxyl groups excluding tert-OH is 1. The summed E-state index contributed by atoms with van der Waals surface area (Å²) < 4.78 is 2.07. The predicted molar refractivity (Wildman–Crippen MR) is 80.8 cm³/mol. The summed E-state index contributed by atoms with van der Waals surface area (Å²) in [4.78, 5) is 6.94. The maximum Gasteiger partial charge on any atom is 0.0886 e. The van der Waals surface area contributed by atoms with Gasteiger partial charge >= 0.3 is 0 Å². The van der Waals surface area contributed by atoms with Crippen molar-refractivity contribution in [2.75, 3.05) is 18.0 Å². The highest BCUT2D eigenvalue weighted by molar-refractivity contribution is 5.81. The maximum atomic E-state index is 9.90. The molecule has 5 heteroatoms. The highest BCUT2D eigenvalue weighted by Crippen LogP contribution is 2.30. The fourth-order valence-electron chi connectivity index (χ4n) is 2.95. The average molecular weight is 274 g/mol. The van der Waals surface area contributed by atoms with E-state index in [9.17, 15) is 5.11 Å². The second kappa shape index (κ2) is 5.07. The summed E-state index contributed by atoms with van der Waals surface area (Å²) >= 11 is 0. The molecule has 3 heterocycles. The lowest BCUT2D eigenvalue weighted by atomic mass is 10.1. The third kappa shape index (κ3) is 2.27. The van der Waals surface area contributed by atoms with E-state index >= 15 is 0 Å². The fraction of sp³-hybridized carbons (Fsp3) is 0.533. The molecule has 1 aliphatic heterocycles. The quantitative estimate of drug-likeness (QED) is 0.872. The van der Waals surface area contributed by atoms with E-state index in [0.29, 0.717) is 6.54 Å². The van der Waals surface area contributed by atoms with Crippen LogP contribution in [0.4, 0.5) is 5.69 Å². The molecule has 3 rings (SSSR count).